The molecule has 0 unspecified atom stereocenters. The zero-order valence-electron chi connectivity index (χ0n) is 11.5. The van der Waals surface area contributed by atoms with Gasteiger partial charge in [0.2, 0.25) is 0 Å². The Morgan fingerprint density at radius 3 is 2.50 bits per heavy atom. The first-order valence-corrected chi connectivity index (χ1v) is 6.67. The highest BCUT2D eigenvalue weighted by atomic mass is 16.5. The number of nitrogens with one attached hydrogen (secondary N) is 1. The zero-order valence-corrected chi connectivity index (χ0v) is 11.5. The monoisotopic (exact) mass is 273 g/mol. The number of hydrogen-bond acceptors (Lipinski definition) is 4. The minimum absolute atomic E-state index is 0.0806. The number of phenols is 2. The first-order valence-electron chi connectivity index (χ1n) is 6.67. The molecule has 0 bridgehead atoms. The minimum Gasteiger partial charge on any atom is -0.504 e. The van der Waals surface area contributed by atoms with E-state index < -0.39 is 0 Å². The average Bonchev–Trinajstić information content (AvgIpc) is 2.48. The fourth-order valence-corrected chi connectivity index (χ4v) is 1.81. The third-order valence-corrected chi connectivity index (χ3v) is 2.91. The molecule has 4 heteroatoms. The molecule has 0 amide bonds. The molecule has 0 atom stereocenters. The molecule has 0 aliphatic heterocycles. The van der Waals surface area contributed by atoms with Crippen molar-refractivity contribution in [2.75, 3.05) is 11.9 Å². The van der Waals surface area contributed by atoms with Crippen molar-refractivity contribution in [3.63, 3.8) is 0 Å². The van der Waals surface area contributed by atoms with Gasteiger partial charge in [0, 0.05) is 17.8 Å². The molecule has 0 radical (unpaired) electrons. The highest BCUT2D eigenvalue weighted by Crippen LogP contribution is 2.28. The lowest BCUT2D eigenvalue weighted by Gasteiger charge is -2.10. The number of phenolic OH excluding ortho intramolecular Hbond substituents is 2. The SMILES string of the molecule is CCCOc1ccc(NCc2cccc(O)c2O)cc1. The van der Waals surface area contributed by atoms with Gasteiger partial charge in [-0.15, -0.1) is 0 Å². The summed E-state index contributed by atoms with van der Waals surface area (Å²) in [7, 11) is 0. The van der Waals surface area contributed by atoms with Gasteiger partial charge in [0.05, 0.1) is 6.61 Å². The van der Waals surface area contributed by atoms with Crippen molar-refractivity contribution in [1.29, 1.82) is 0 Å². The third-order valence-electron chi connectivity index (χ3n) is 2.91. The second kappa shape index (κ2) is 6.70. The lowest BCUT2D eigenvalue weighted by Crippen LogP contribution is -2.00. The van der Waals surface area contributed by atoms with E-state index in [2.05, 4.69) is 12.2 Å². The Bertz CT molecular complexity index is 552. The fraction of sp³-hybridized carbons (Fsp3) is 0.250. The summed E-state index contributed by atoms with van der Waals surface area (Å²) in [6, 6.07) is 12.6. The van der Waals surface area contributed by atoms with Crippen molar-refractivity contribution in [1.82, 2.24) is 0 Å². The summed E-state index contributed by atoms with van der Waals surface area (Å²) >= 11 is 0. The van der Waals surface area contributed by atoms with E-state index >= 15 is 0 Å². The molecule has 20 heavy (non-hydrogen) atoms. The van der Waals surface area contributed by atoms with Crippen molar-refractivity contribution in [3.8, 4) is 17.2 Å². The maximum atomic E-state index is 9.71. The second-order valence-electron chi connectivity index (χ2n) is 4.51. The molecule has 2 rings (SSSR count). The zero-order chi connectivity index (χ0) is 14.4. The van der Waals surface area contributed by atoms with E-state index in [1.807, 2.05) is 24.3 Å². The van der Waals surface area contributed by atoms with Gasteiger partial charge in [-0.1, -0.05) is 19.1 Å². The van der Waals surface area contributed by atoms with E-state index in [1.165, 1.54) is 6.07 Å². The van der Waals surface area contributed by atoms with Crippen LogP contribution < -0.4 is 10.1 Å². The summed E-state index contributed by atoms with van der Waals surface area (Å²) in [5, 5.41) is 22.3. The van der Waals surface area contributed by atoms with Gasteiger partial charge in [-0.25, -0.2) is 0 Å². The van der Waals surface area contributed by atoms with Crippen LogP contribution in [0.25, 0.3) is 0 Å². The van der Waals surface area contributed by atoms with Crippen LogP contribution in [0.4, 0.5) is 5.69 Å². The lowest BCUT2D eigenvalue weighted by molar-refractivity contribution is 0.317. The summed E-state index contributed by atoms with van der Waals surface area (Å²) < 4.78 is 5.51. The predicted octanol–water partition coefficient (Wildman–Crippen LogP) is 3.50. The average molecular weight is 273 g/mol. The van der Waals surface area contributed by atoms with Crippen LogP contribution in [0.1, 0.15) is 18.9 Å². The third kappa shape index (κ3) is 3.57. The van der Waals surface area contributed by atoms with Crippen molar-refractivity contribution in [3.05, 3.63) is 48.0 Å². The van der Waals surface area contributed by atoms with Crippen molar-refractivity contribution in [2.45, 2.75) is 19.9 Å². The molecule has 0 aromatic heterocycles. The summed E-state index contributed by atoms with van der Waals surface area (Å²) in [5.41, 5.74) is 1.58. The molecule has 2 aromatic rings. The topological polar surface area (TPSA) is 61.7 Å². The number of anilines is 1. The molecular weight excluding hydrogens is 254 g/mol. The van der Waals surface area contributed by atoms with Gasteiger partial charge >= 0.3 is 0 Å². The van der Waals surface area contributed by atoms with Crippen LogP contribution >= 0.6 is 0 Å². The van der Waals surface area contributed by atoms with Gasteiger partial charge in [0.25, 0.3) is 0 Å². The van der Waals surface area contributed by atoms with Crippen LogP contribution in [0, 0.1) is 0 Å². The number of aromatic hydroxyl groups is 2. The maximum absolute atomic E-state index is 9.71. The molecular formula is C16H19NO3. The van der Waals surface area contributed by atoms with Crippen LogP contribution in [-0.2, 0) is 6.54 Å². The number of rotatable bonds is 6. The van der Waals surface area contributed by atoms with Crippen LogP contribution in [0.15, 0.2) is 42.5 Å². The Morgan fingerprint density at radius 2 is 1.80 bits per heavy atom. The van der Waals surface area contributed by atoms with Gasteiger partial charge in [-0.2, -0.15) is 0 Å². The molecule has 0 spiro atoms. The normalized spacial score (nSPS) is 10.2. The summed E-state index contributed by atoms with van der Waals surface area (Å²) in [6.07, 6.45) is 0.983. The van der Waals surface area contributed by atoms with Gasteiger partial charge in [0.1, 0.15) is 5.75 Å². The molecule has 3 N–H and O–H groups in total. The predicted molar refractivity (Wildman–Crippen MR) is 79.3 cm³/mol. The summed E-state index contributed by atoms with van der Waals surface area (Å²) in [6.45, 7) is 3.22. The molecule has 0 saturated heterocycles. The van der Waals surface area contributed by atoms with E-state index in [0.717, 1.165) is 17.9 Å². The smallest absolute Gasteiger partial charge is 0.162 e. The second-order valence-corrected chi connectivity index (χ2v) is 4.51. The van der Waals surface area contributed by atoms with Gasteiger partial charge in [-0.3, -0.25) is 0 Å². The fourth-order valence-electron chi connectivity index (χ4n) is 1.81. The first kappa shape index (κ1) is 14.1. The van der Waals surface area contributed by atoms with E-state index in [0.29, 0.717) is 18.7 Å². The highest BCUT2D eigenvalue weighted by molar-refractivity contribution is 5.50. The van der Waals surface area contributed by atoms with E-state index in [1.54, 1.807) is 12.1 Å². The molecule has 0 saturated carbocycles. The summed E-state index contributed by atoms with van der Waals surface area (Å²) in [5.74, 6) is 0.660. The van der Waals surface area contributed by atoms with Crippen LogP contribution in [0.3, 0.4) is 0 Å². The van der Waals surface area contributed by atoms with E-state index in [-0.39, 0.29) is 11.5 Å². The standard InChI is InChI=1S/C16H19NO3/c1-2-10-20-14-8-6-13(7-9-14)17-11-12-4-3-5-15(18)16(12)19/h3-9,17-19H,2,10-11H2,1H3. The van der Waals surface area contributed by atoms with Crippen LogP contribution in [0.2, 0.25) is 0 Å². The Balaban J connectivity index is 1.95. The molecule has 0 aliphatic rings. The van der Waals surface area contributed by atoms with Crippen molar-refractivity contribution in [2.24, 2.45) is 0 Å². The van der Waals surface area contributed by atoms with Gasteiger partial charge < -0.3 is 20.3 Å². The lowest BCUT2D eigenvalue weighted by atomic mass is 10.2. The number of benzene rings is 2. The van der Waals surface area contributed by atoms with E-state index in [4.69, 9.17) is 4.74 Å². The Kier molecular flexibility index (Phi) is 4.71. The number of hydrogen-bond donors (Lipinski definition) is 3. The highest BCUT2D eigenvalue weighted by Gasteiger charge is 2.05. The Hall–Kier alpha value is -2.36. The molecule has 0 aliphatic carbocycles. The molecule has 0 fully saturated rings. The van der Waals surface area contributed by atoms with Gasteiger partial charge in [-0.05, 0) is 36.8 Å². The van der Waals surface area contributed by atoms with Crippen LogP contribution in [0.5, 0.6) is 17.2 Å². The van der Waals surface area contributed by atoms with Crippen molar-refractivity contribution < 1.29 is 14.9 Å². The Labute approximate surface area is 118 Å². The summed E-state index contributed by atoms with van der Waals surface area (Å²) in [4.78, 5) is 0. The number of ether oxygens (including phenoxy) is 1. The molecule has 0 heterocycles. The van der Waals surface area contributed by atoms with Crippen molar-refractivity contribution >= 4 is 5.69 Å². The maximum Gasteiger partial charge on any atom is 0.162 e. The number of para-hydroxylation sites is 1. The quantitative estimate of drug-likeness (QED) is 0.705. The Morgan fingerprint density at radius 1 is 1.05 bits per heavy atom. The van der Waals surface area contributed by atoms with E-state index in [9.17, 15) is 10.2 Å². The van der Waals surface area contributed by atoms with Crippen LogP contribution in [-0.4, -0.2) is 16.8 Å². The first-order chi connectivity index (χ1) is 9.70. The molecule has 2 aromatic carbocycles. The molecule has 4 nitrogen and oxygen atoms in total. The largest absolute Gasteiger partial charge is 0.504 e. The van der Waals surface area contributed by atoms with Gasteiger partial charge in [0.15, 0.2) is 11.5 Å². The minimum atomic E-state index is -0.104. The molecule has 106 valence electrons.